The molecule has 0 spiro atoms. The van der Waals surface area contributed by atoms with E-state index in [1.165, 1.54) is 12.1 Å². The predicted molar refractivity (Wildman–Crippen MR) is 68.6 cm³/mol. The Morgan fingerprint density at radius 3 is 2.19 bits per heavy atom. The van der Waals surface area contributed by atoms with Gasteiger partial charge in [-0.3, -0.25) is 4.79 Å². The van der Waals surface area contributed by atoms with Gasteiger partial charge < -0.3 is 0 Å². The summed E-state index contributed by atoms with van der Waals surface area (Å²) in [4.78, 5) is 11.6. The van der Waals surface area contributed by atoms with Gasteiger partial charge in [-0.15, -0.1) is 0 Å². The molecule has 0 saturated heterocycles. The van der Waals surface area contributed by atoms with E-state index in [0.717, 1.165) is 0 Å². The van der Waals surface area contributed by atoms with Crippen molar-refractivity contribution in [1.82, 2.24) is 0 Å². The summed E-state index contributed by atoms with van der Waals surface area (Å²) in [5.41, 5.74) is 0.261. The van der Waals surface area contributed by atoms with Gasteiger partial charge in [-0.05, 0) is 0 Å². The van der Waals surface area contributed by atoms with Gasteiger partial charge in [0.25, 0.3) is 5.92 Å². The Hall–Kier alpha value is -1.18. The van der Waals surface area contributed by atoms with Crippen molar-refractivity contribution < 1.29 is 31.1 Å². The van der Waals surface area contributed by atoms with E-state index in [-0.39, 0.29) is 5.56 Å². The largest absolute Gasteiger partial charge is 0.312 e. The van der Waals surface area contributed by atoms with Gasteiger partial charge in [0.1, 0.15) is 0 Å². The van der Waals surface area contributed by atoms with Gasteiger partial charge in [0.15, 0.2) is 6.67 Å². The van der Waals surface area contributed by atoms with Gasteiger partial charge in [0.2, 0.25) is 11.3 Å². The van der Waals surface area contributed by atoms with E-state index in [1.807, 2.05) is 0 Å². The maximum atomic E-state index is 13.2. The second-order valence-corrected chi connectivity index (χ2v) is 5.34. The van der Waals surface area contributed by atoms with E-state index in [0.29, 0.717) is 11.8 Å². The highest BCUT2D eigenvalue weighted by Crippen LogP contribution is 2.37. The van der Waals surface area contributed by atoms with Crippen LogP contribution < -0.4 is 0 Å². The number of thioether (sulfide) groups is 1. The van der Waals surface area contributed by atoms with Crippen LogP contribution in [0.4, 0.5) is 26.3 Å². The minimum atomic E-state index is -4.74. The number of halogens is 6. The topological polar surface area (TPSA) is 17.1 Å². The molecule has 21 heavy (non-hydrogen) atoms. The van der Waals surface area contributed by atoms with E-state index in [2.05, 4.69) is 0 Å². The fourth-order valence-corrected chi connectivity index (χ4v) is 2.30. The number of rotatable bonds is 7. The lowest BCUT2D eigenvalue weighted by atomic mass is 10.1. The fraction of sp³-hybridized carbons (Fsp3) is 0.462. The zero-order chi connectivity index (χ0) is 16.1. The molecule has 0 aliphatic rings. The van der Waals surface area contributed by atoms with E-state index in [9.17, 15) is 31.1 Å². The highest BCUT2D eigenvalue weighted by molar-refractivity contribution is 8.14. The van der Waals surface area contributed by atoms with Crippen LogP contribution in [0.25, 0.3) is 0 Å². The minimum absolute atomic E-state index is 0.261. The monoisotopic (exact) mass is 330 g/mol. The van der Waals surface area contributed by atoms with Crippen molar-refractivity contribution in [2.24, 2.45) is 0 Å². The highest BCUT2D eigenvalue weighted by Gasteiger charge is 2.55. The quantitative estimate of drug-likeness (QED) is 0.683. The summed E-state index contributed by atoms with van der Waals surface area (Å²) in [5.74, 6) is -9.69. The second-order valence-electron chi connectivity index (χ2n) is 4.27. The summed E-state index contributed by atoms with van der Waals surface area (Å²) < 4.78 is 76.4. The van der Waals surface area contributed by atoms with E-state index in [1.54, 1.807) is 18.2 Å². The van der Waals surface area contributed by atoms with Crippen molar-refractivity contribution in [1.29, 1.82) is 0 Å². The molecule has 0 aromatic heterocycles. The van der Waals surface area contributed by atoms with Crippen molar-refractivity contribution in [2.75, 3.05) is 12.4 Å². The third kappa shape index (κ3) is 4.94. The van der Waals surface area contributed by atoms with Gasteiger partial charge in [-0.1, -0.05) is 42.1 Å². The Labute approximate surface area is 121 Å². The normalized spacial score (nSPS) is 14.0. The molecule has 0 heterocycles. The fourth-order valence-electron chi connectivity index (χ4n) is 1.44. The van der Waals surface area contributed by atoms with Crippen LogP contribution in [0.2, 0.25) is 0 Å². The minimum Gasteiger partial charge on any atom is -0.282 e. The average molecular weight is 330 g/mol. The first-order chi connectivity index (χ1) is 9.70. The Kier molecular flexibility index (Phi) is 6.12. The number of carbonyl (C=O) groups excluding carboxylic acids is 1. The van der Waals surface area contributed by atoms with Gasteiger partial charge >= 0.3 is 5.92 Å². The number of hydrogen-bond acceptors (Lipinski definition) is 2. The SMILES string of the molecule is O=C(SCCC(F)(F)C(F)C(F)(F)CF)c1ccccc1. The molecule has 0 N–H and O–H groups in total. The van der Waals surface area contributed by atoms with Crippen molar-refractivity contribution in [3.63, 3.8) is 0 Å². The second kappa shape index (κ2) is 7.20. The summed E-state index contributed by atoms with van der Waals surface area (Å²) in [5, 5.41) is -0.529. The zero-order valence-electron chi connectivity index (χ0n) is 10.7. The van der Waals surface area contributed by atoms with Crippen LogP contribution in [0.5, 0.6) is 0 Å². The number of benzene rings is 1. The maximum absolute atomic E-state index is 13.2. The van der Waals surface area contributed by atoms with Gasteiger partial charge in [-0.2, -0.15) is 0 Å². The summed E-state index contributed by atoms with van der Waals surface area (Å²) in [6, 6.07) is 7.72. The van der Waals surface area contributed by atoms with Crippen molar-refractivity contribution >= 4 is 16.9 Å². The summed E-state index contributed by atoms with van der Waals surface area (Å²) in [7, 11) is 0. The van der Waals surface area contributed by atoms with E-state index >= 15 is 0 Å². The van der Waals surface area contributed by atoms with Crippen LogP contribution >= 0.6 is 11.8 Å². The third-order valence-corrected chi connectivity index (χ3v) is 3.50. The van der Waals surface area contributed by atoms with Crippen molar-refractivity contribution in [2.45, 2.75) is 24.4 Å². The third-order valence-electron chi connectivity index (χ3n) is 2.60. The van der Waals surface area contributed by atoms with Crippen LogP contribution in [0.1, 0.15) is 16.8 Å². The number of hydrogen-bond donors (Lipinski definition) is 0. The van der Waals surface area contributed by atoms with Crippen molar-refractivity contribution in [3.05, 3.63) is 35.9 Å². The molecule has 0 bridgehead atoms. The van der Waals surface area contributed by atoms with E-state index in [4.69, 9.17) is 0 Å². The maximum Gasteiger partial charge on any atom is 0.312 e. The predicted octanol–water partition coefficient (Wildman–Crippen LogP) is 4.53. The smallest absolute Gasteiger partial charge is 0.282 e. The molecule has 0 radical (unpaired) electrons. The molecule has 0 aliphatic carbocycles. The molecule has 1 atom stereocenters. The molecule has 1 unspecified atom stereocenters. The van der Waals surface area contributed by atoms with Crippen LogP contribution in [-0.2, 0) is 0 Å². The lowest BCUT2D eigenvalue weighted by molar-refractivity contribution is -0.187. The van der Waals surface area contributed by atoms with Crippen LogP contribution in [0, 0.1) is 0 Å². The molecule has 0 amide bonds. The molecule has 0 aliphatic heterocycles. The molecule has 0 saturated carbocycles. The number of carbonyl (C=O) groups is 1. The van der Waals surface area contributed by atoms with E-state index < -0.39 is 42.0 Å². The lowest BCUT2D eigenvalue weighted by Gasteiger charge is -2.25. The summed E-state index contributed by atoms with van der Waals surface area (Å²) >= 11 is 0.468. The van der Waals surface area contributed by atoms with Gasteiger partial charge in [0.05, 0.1) is 0 Å². The first kappa shape index (κ1) is 17.9. The molecule has 0 fully saturated rings. The Balaban J connectivity index is 2.53. The molecular formula is C13H12F6OS. The van der Waals surface area contributed by atoms with Gasteiger partial charge in [0, 0.05) is 17.7 Å². The standard InChI is InChI=1S/C13H12F6OS/c14-8-13(18,19)11(15)12(16,17)6-7-21-10(20)9-4-2-1-3-5-9/h1-5,11H,6-8H2. The molecule has 1 aromatic carbocycles. The van der Waals surface area contributed by atoms with Crippen LogP contribution in [-0.4, -0.2) is 35.6 Å². The summed E-state index contributed by atoms with van der Waals surface area (Å²) in [6.45, 7) is -2.50. The molecule has 1 rings (SSSR count). The summed E-state index contributed by atoms with van der Waals surface area (Å²) in [6.07, 6.45) is -5.20. The average Bonchev–Trinajstić information content (AvgIpc) is 2.47. The first-order valence-electron chi connectivity index (χ1n) is 5.88. The lowest BCUT2D eigenvalue weighted by Crippen LogP contribution is -2.46. The Morgan fingerprint density at radius 2 is 1.67 bits per heavy atom. The Morgan fingerprint density at radius 1 is 1.10 bits per heavy atom. The van der Waals surface area contributed by atoms with Crippen LogP contribution in [0.15, 0.2) is 30.3 Å². The molecular weight excluding hydrogens is 318 g/mol. The molecule has 1 nitrogen and oxygen atoms in total. The molecule has 8 heteroatoms. The van der Waals surface area contributed by atoms with Crippen LogP contribution in [0.3, 0.4) is 0 Å². The first-order valence-corrected chi connectivity index (χ1v) is 6.87. The Bertz CT molecular complexity index is 465. The molecule has 118 valence electrons. The highest BCUT2D eigenvalue weighted by atomic mass is 32.2. The number of alkyl halides is 6. The molecule has 1 aromatic rings. The van der Waals surface area contributed by atoms with Gasteiger partial charge in [-0.25, -0.2) is 26.3 Å². The van der Waals surface area contributed by atoms with Crippen molar-refractivity contribution in [3.8, 4) is 0 Å². The zero-order valence-corrected chi connectivity index (χ0v) is 11.5.